The third kappa shape index (κ3) is 18.5. The van der Waals surface area contributed by atoms with E-state index < -0.39 is 0 Å². The van der Waals surface area contributed by atoms with Gasteiger partial charge in [0.05, 0.1) is 0 Å². The molecule has 0 fully saturated rings. The molecule has 0 aromatic rings. The molecule has 0 aromatic carbocycles. The van der Waals surface area contributed by atoms with E-state index in [0.29, 0.717) is 0 Å². The molecule has 0 aromatic heterocycles. The molecule has 0 saturated carbocycles. The van der Waals surface area contributed by atoms with Crippen LogP contribution < -0.4 is 24.8 Å². The molecular weight excluding hydrogens is 447 g/mol. The topological polar surface area (TPSA) is 0 Å². The second-order valence-electron chi connectivity index (χ2n) is 4.70. The Hall–Kier alpha value is 1.67. The predicted octanol–water partition coefficient (Wildman–Crippen LogP) is 0.336. The third-order valence-electron chi connectivity index (χ3n) is 2.84. The minimum atomic E-state index is 0. The first-order chi connectivity index (χ1) is 9.86. The molecular formula is C18H26Cl2S2Ti2. The van der Waals surface area contributed by atoms with Crippen molar-refractivity contribution < 1.29 is 68.2 Å². The number of halogens is 2. The maximum Gasteiger partial charge on any atom is 2.00 e. The molecule has 0 unspecified atom stereocenters. The standard InChI is InChI=1S/2C9H13S.2ClH.2Ti/c2*1-2-3-8-10-9-6-4-5-7-9;;;;/h2*4,6H,2-3,5,8H2,1H3;2*1H;;/q2*-1;;;2*+2/p-2. The zero-order chi connectivity index (χ0) is 14.5. The Labute approximate surface area is 200 Å². The van der Waals surface area contributed by atoms with Crippen molar-refractivity contribution in [1.29, 1.82) is 0 Å². The molecule has 0 saturated heterocycles. The summed E-state index contributed by atoms with van der Waals surface area (Å²) in [6.07, 6.45) is 22.5. The van der Waals surface area contributed by atoms with E-state index in [-0.39, 0.29) is 68.2 Å². The number of rotatable bonds is 8. The van der Waals surface area contributed by atoms with E-state index in [1.807, 2.05) is 23.5 Å². The molecule has 0 heterocycles. The summed E-state index contributed by atoms with van der Waals surface area (Å²) in [4.78, 5) is 2.68. The Kier molecular flexibility index (Phi) is 34.2. The van der Waals surface area contributed by atoms with Crippen LogP contribution in [-0.2, 0) is 43.4 Å². The van der Waals surface area contributed by atoms with E-state index in [1.165, 1.54) is 47.0 Å². The maximum atomic E-state index is 3.28. The summed E-state index contributed by atoms with van der Waals surface area (Å²) in [6, 6.07) is 0. The summed E-state index contributed by atoms with van der Waals surface area (Å²) in [5, 5.41) is 0. The van der Waals surface area contributed by atoms with Crippen LogP contribution in [0, 0.1) is 12.2 Å². The molecule has 6 heteroatoms. The molecule has 0 amide bonds. The summed E-state index contributed by atoms with van der Waals surface area (Å²) in [5.41, 5.74) is 0. The van der Waals surface area contributed by atoms with Crippen LogP contribution in [0.25, 0.3) is 0 Å². The zero-order valence-corrected chi connectivity index (χ0v) is 20.8. The average molecular weight is 473 g/mol. The molecule has 2 rings (SSSR count). The first-order valence-corrected chi connectivity index (χ1v) is 9.64. The van der Waals surface area contributed by atoms with Gasteiger partial charge in [0.1, 0.15) is 0 Å². The molecule has 0 atom stereocenters. The van der Waals surface area contributed by atoms with Crippen molar-refractivity contribution in [2.24, 2.45) is 0 Å². The molecule has 24 heavy (non-hydrogen) atoms. The van der Waals surface area contributed by atoms with E-state index >= 15 is 0 Å². The predicted molar refractivity (Wildman–Crippen MR) is 95.8 cm³/mol. The first kappa shape index (κ1) is 33.3. The molecule has 2 aliphatic rings. The molecule has 0 spiro atoms. The van der Waals surface area contributed by atoms with Crippen molar-refractivity contribution in [2.75, 3.05) is 11.5 Å². The van der Waals surface area contributed by atoms with Gasteiger partial charge in [0.2, 0.25) is 0 Å². The van der Waals surface area contributed by atoms with Gasteiger partial charge in [-0.1, -0.05) is 26.7 Å². The smallest absolute Gasteiger partial charge is 1.00 e. The van der Waals surface area contributed by atoms with Crippen LogP contribution in [-0.4, -0.2) is 11.5 Å². The van der Waals surface area contributed by atoms with Gasteiger partial charge in [-0.3, -0.25) is 12.2 Å². The molecule has 2 aliphatic carbocycles. The van der Waals surface area contributed by atoms with Crippen molar-refractivity contribution in [2.45, 2.75) is 52.4 Å². The average Bonchev–Trinajstić information content (AvgIpc) is 3.13. The van der Waals surface area contributed by atoms with Crippen molar-refractivity contribution in [3.63, 3.8) is 0 Å². The molecule has 0 N–H and O–H groups in total. The number of unbranched alkanes of at least 4 members (excludes halogenated alkanes) is 2. The van der Waals surface area contributed by atoms with Gasteiger partial charge in [-0.2, -0.15) is 45.5 Å². The monoisotopic (exact) mass is 472 g/mol. The maximum absolute atomic E-state index is 3.28. The second-order valence-corrected chi connectivity index (χ2v) is 6.97. The molecule has 0 radical (unpaired) electrons. The van der Waals surface area contributed by atoms with E-state index in [2.05, 4.69) is 50.3 Å². The third-order valence-corrected chi connectivity index (χ3v) is 5.01. The van der Waals surface area contributed by atoms with E-state index in [0.717, 1.165) is 12.8 Å². The number of allylic oxidation sites excluding steroid dienone is 6. The second kappa shape index (κ2) is 24.7. The van der Waals surface area contributed by atoms with Gasteiger partial charge in [0.15, 0.2) is 0 Å². The summed E-state index contributed by atoms with van der Waals surface area (Å²) < 4.78 is 0. The van der Waals surface area contributed by atoms with E-state index in [4.69, 9.17) is 0 Å². The Bertz CT molecular complexity index is 345. The minimum absolute atomic E-state index is 0. The SMILES string of the molecule is CCCCSC1=[C-]CC=C1.CCCCSC1=[C-]CC=C1.[Cl-].[Cl-].[Ti+2].[Ti+2]. The van der Waals surface area contributed by atoms with E-state index in [1.54, 1.807) is 0 Å². The van der Waals surface area contributed by atoms with Crippen molar-refractivity contribution in [1.82, 2.24) is 0 Å². The van der Waals surface area contributed by atoms with Crippen LogP contribution in [0.4, 0.5) is 0 Å². The number of hydrogen-bond acceptors (Lipinski definition) is 2. The summed E-state index contributed by atoms with van der Waals surface area (Å²) >= 11 is 3.85. The van der Waals surface area contributed by atoms with Gasteiger partial charge in [0.25, 0.3) is 0 Å². The van der Waals surface area contributed by atoms with Crippen LogP contribution in [0.1, 0.15) is 52.4 Å². The Morgan fingerprint density at radius 1 is 0.792 bits per heavy atom. The number of hydrogen-bond donors (Lipinski definition) is 0. The molecule has 132 valence electrons. The van der Waals surface area contributed by atoms with Crippen LogP contribution in [0.15, 0.2) is 34.1 Å². The number of thioether (sulfide) groups is 2. The van der Waals surface area contributed by atoms with Crippen molar-refractivity contribution >= 4 is 23.5 Å². The fourth-order valence-corrected chi connectivity index (χ4v) is 3.68. The Morgan fingerprint density at radius 2 is 1.17 bits per heavy atom. The first-order valence-electron chi connectivity index (χ1n) is 7.67. The van der Waals surface area contributed by atoms with Crippen LogP contribution in [0.5, 0.6) is 0 Å². The van der Waals surface area contributed by atoms with Gasteiger partial charge >= 0.3 is 43.4 Å². The summed E-state index contributed by atoms with van der Waals surface area (Å²) in [6.45, 7) is 4.45. The van der Waals surface area contributed by atoms with E-state index in [9.17, 15) is 0 Å². The van der Waals surface area contributed by atoms with Crippen LogP contribution in [0.2, 0.25) is 0 Å². The van der Waals surface area contributed by atoms with Gasteiger partial charge < -0.3 is 24.8 Å². The normalized spacial score (nSPS) is 13.2. The van der Waals surface area contributed by atoms with Crippen LogP contribution >= 0.6 is 23.5 Å². The quantitative estimate of drug-likeness (QED) is 0.284. The van der Waals surface area contributed by atoms with Crippen molar-refractivity contribution in [3.8, 4) is 0 Å². The van der Waals surface area contributed by atoms with Gasteiger partial charge in [-0.15, -0.1) is 12.8 Å². The van der Waals surface area contributed by atoms with Gasteiger partial charge in [-0.05, 0) is 24.3 Å². The zero-order valence-electron chi connectivity index (χ0n) is 14.5. The minimum Gasteiger partial charge on any atom is -1.00 e. The fourth-order valence-electron chi connectivity index (χ4n) is 1.62. The summed E-state index contributed by atoms with van der Waals surface area (Å²) in [7, 11) is 0. The molecule has 0 aliphatic heterocycles. The van der Waals surface area contributed by atoms with Crippen molar-refractivity contribution in [3.05, 3.63) is 46.3 Å². The molecule has 0 nitrogen and oxygen atoms in total. The largest absolute Gasteiger partial charge is 2.00 e. The molecule has 0 bridgehead atoms. The fraction of sp³-hybridized carbons (Fsp3) is 0.556. The van der Waals surface area contributed by atoms with Gasteiger partial charge in [0, 0.05) is 0 Å². The Balaban J connectivity index is -0.000000143. The van der Waals surface area contributed by atoms with Crippen LogP contribution in [0.3, 0.4) is 0 Å². The van der Waals surface area contributed by atoms with Gasteiger partial charge in [-0.25, -0.2) is 12.2 Å². The summed E-state index contributed by atoms with van der Waals surface area (Å²) in [5.74, 6) is 2.51. The Morgan fingerprint density at radius 3 is 1.42 bits per heavy atom.